The maximum Gasteiger partial charge on any atom is 0.197 e. The van der Waals surface area contributed by atoms with E-state index in [-0.39, 0.29) is 31.8 Å². The lowest BCUT2D eigenvalue weighted by molar-refractivity contribution is -0.367. The van der Waals surface area contributed by atoms with Gasteiger partial charge in [-0.3, -0.25) is 4.79 Å². The molecule has 0 spiro atoms. The lowest BCUT2D eigenvalue weighted by Crippen LogP contribution is -2.68. The number of ketones is 1. The number of carbonyl (C=O) groups is 1. The van der Waals surface area contributed by atoms with Gasteiger partial charge in [0.1, 0.15) is 48.8 Å². The van der Waals surface area contributed by atoms with E-state index in [2.05, 4.69) is 0 Å². The molecule has 2 heterocycles. The lowest BCUT2D eigenvalue weighted by Gasteiger charge is -2.48. The Balaban J connectivity index is 1.98. The van der Waals surface area contributed by atoms with Crippen molar-refractivity contribution in [3.05, 3.63) is 0 Å². The van der Waals surface area contributed by atoms with Crippen LogP contribution in [0.1, 0.15) is 45.4 Å². The van der Waals surface area contributed by atoms with Crippen LogP contribution in [0.3, 0.4) is 0 Å². The molecule has 0 amide bonds. The molecule has 254 valence electrons. The maximum atomic E-state index is 12.6. The molecular weight excluding hydrogens is 584 g/mol. The summed E-state index contributed by atoms with van der Waals surface area (Å²) in [7, 11) is 0. The minimum absolute atomic E-state index is 0.0510. The highest BCUT2D eigenvalue weighted by Gasteiger charge is 2.56. The zero-order valence-electron chi connectivity index (χ0n) is 23.8. The second-order valence-corrected chi connectivity index (χ2v) is 11.8. The molecule has 2 aliphatic rings. The molecule has 17 nitrogen and oxygen atoms in total. The third-order valence-corrected chi connectivity index (χ3v) is 8.09. The molecule has 10 unspecified atom stereocenters. The number of carbonyl (C=O) groups excluding carboxylic acids is 1. The summed E-state index contributed by atoms with van der Waals surface area (Å²) in [5.41, 5.74) is 0. The van der Waals surface area contributed by atoms with Crippen molar-refractivity contribution >= 4 is 5.78 Å². The Hall–Kier alpha value is -0.970. The number of aliphatic hydroxyl groups is 14. The molecule has 0 radical (unpaired) electrons. The predicted octanol–water partition coefficient (Wildman–Crippen LogP) is -6.66. The average molecular weight is 633 g/mol. The summed E-state index contributed by atoms with van der Waals surface area (Å²) in [6, 6.07) is 0. The van der Waals surface area contributed by atoms with Gasteiger partial charge in [-0.05, 0) is 18.8 Å². The first-order chi connectivity index (χ1) is 20.0. The van der Waals surface area contributed by atoms with Crippen molar-refractivity contribution in [3.8, 4) is 0 Å². The van der Waals surface area contributed by atoms with Gasteiger partial charge in [-0.25, -0.2) is 0 Å². The Morgan fingerprint density at radius 3 is 1.98 bits per heavy atom. The second kappa shape index (κ2) is 16.5. The van der Waals surface area contributed by atoms with Gasteiger partial charge in [0, 0.05) is 32.3 Å². The zero-order chi connectivity index (χ0) is 32.8. The zero-order valence-corrected chi connectivity index (χ0v) is 23.8. The number of hydrogen-bond donors (Lipinski definition) is 14. The smallest absolute Gasteiger partial charge is 0.197 e. The van der Waals surface area contributed by atoms with E-state index in [1.54, 1.807) is 6.92 Å². The van der Waals surface area contributed by atoms with E-state index in [1.807, 2.05) is 0 Å². The van der Waals surface area contributed by atoms with Crippen LogP contribution < -0.4 is 0 Å². The normalized spacial score (nSPS) is 38.2. The number of aliphatic hydroxyl groups excluding tert-OH is 13. The summed E-state index contributed by atoms with van der Waals surface area (Å²) >= 11 is 0. The highest BCUT2D eigenvalue weighted by molar-refractivity contribution is 5.83. The van der Waals surface area contributed by atoms with E-state index in [4.69, 9.17) is 19.7 Å². The first-order valence-corrected chi connectivity index (χ1v) is 14.3. The van der Waals surface area contributed by atoms with Crippen molar-refractivity contribution < 1.29 is 85.8 Å². The molecule has 16 atom stereocenters. The van der Waals surface area contributed by atoms with Crippen LogP contribution in [-0.4, -0.2) is 182 Å². The molecule has 0 bridgehead atoms. The summed E-state index contributed by atoms with van der Waals surface area (Å²) in [6.07, 6.45) is -26.4. The van der Waals surface area contributed by atoms with E-state index in [1.165, 1.54) is 0 Å². The first-order valence-electron chi connectivity index (χ1n) is 14.3. The predicted molar refractivity (Wildman–Crippen MR) is 141 cm³/mol. The highest BCUT2D eigenvalue weighted by Crippen LogP contribution is 2.35. The van der Waals surface area contributed by atoms with Crippen molar-refractivity contribution in [3.63, 3.8) is 0 Å². The number of Topliss-reactive ketones (excluding diaryl/α,β-unsaturated/α-hetero) is 1. The summed E-state index contributed by atoms with van der Waals surface area (Å²) < 4.78 is 10.7. The Morgan fingerprint density at radius 1 is 0.791 bits per heavy atom. The second-order valence-electron chi connectivity index (χ2n) is 11.8. The van der Waals surface area contributed by atoms with E-state index in [0.29, 0.717) is 0 Å². The summed E-state index contributed by atoms with van der Waals surface area (Å²) in [6.45, 7) is 0.782. The third kappa shape index (κ3) is 9.76. The molecular formula is C26H48O17. The number of ether oxygens (including phenoxy) is 2. The van der Waals surface area contributed by atoms with Crippen molar-refractivity contribution in [2.75, 3.05) is 13.2 Å². The summed E-state index contributed by atoms with van der Waals surface area (Å²) in [5, 5.41) is 141. The maximum absolute atomic E-state index is 12.6. The van der Waals surface area contributed by atoms with Crippen LogP contribution in [0.15, 0.2) is 0 Å². The van der Waals surface area contributed by atoms with Gasteiger partial charge >= 0.3 is 0 Å². The Labute approximate surface area is 247 Å². The van der Waals surface area contributed by atoms with Gasteiger partial charge in [0.15, 0.2) is 11.6 Å². The molecule has 17 heteroatoms. The summed E-state index contributed by atoms with van der Waals surface area (Å²) in [4.78, 5) is 12.6. The molecule has 43 heavy (non-hydrogen) atoms. The first kappa shape index (κ1) is 38.2. The van der Waals surface area contributed by atoms with Gasteiger partial charge in [0.25, 0.3) is 0 Å². The fraction of sp³-hybridized carbons (Fsp3) is 0.962. The molecule has 2 rings (SSSR count). The molecule has 2 aliphatic heterocycles. The van der Waals surface area contributed by atoms with Crippen LogP contribution >= 0.6 is 0 Å². The van der Waals surface area contributed by atoms with Crippen molar-refractivity contribution in [1.29, 1.82) is 0 Å². The molecule has 14 N–H and O–H groups in total. The molecule has 0 aliphatic carbocycles. The van der Waals surface area contributed by atoms with Gasteiger partial charge in [-0.15, -0.1) is 0 Å². The topological polar surface area (TPSA) is 319 Å². The largest absolute Gasteiger partial charge is 0.396 e. The monoisotopic (exact) mass is 632 g/mol. The van der Waals surface area contributed by atoms with Gasteiger partial charge < -0.3 is 81.0 Å². The standard InChI is InChI=1S/C26H48O17/c1-10(8-27)4-11(29)6-17-21(37)20(36)16(42-17)3-2-13(31)18(34)15(33)7-26(41)25(40)23(39)22(38)24(43-26)19(35)14(32)5-12(30)9-28/h10-12,14-25,27-30,32-41H,2-9H2,1H3/t10-,11+,12?,14?,15?,16-,17-,18?,19?,20-,21-,22?,23?,24?,25?,26?/m1/s1. The molecule has 0 aromatic rings. The molecule has 0 aromatic heterocycles. The van der Waals surface area contributed by atoms with Crippen LogP contribution in [0.2, 0.25) is 0 Å². The van der Waals surface area contributed by atoms with Gasteiger partial charge in [-0.1, -0.05) is 6.92 Å². The van der Waals surface area contributed by atoms with Crippen LogP contribution in [-0.2, 0) is 14.3 Å². The van der Waals surface area contributed by atoms with Gasteiger partial charge in [0.05, 0.1) is 43.2 Å². The van der Waals surface area contributed by atoms with Crippen LogP contribution in [0, 0.1) is 5.92 Å². The Bertz CT molecular complexity index is 850. The fourth-order valence-electron chi connectivity index (χ4n) is 5.40. The number of rotatable bonds is 17. The van der Waals surface area contributed by atoms with Crippen LogP contribution in [0.25, 0.3) is 0 Å². The minimum Gasteiger partial charge on any atom is -0.396 e. The highest BCUT2D eigenvalue weighted by atomic mass is 16.7. The van der Waals surface area contributed by atoms with Gasteiger partial charge in [-0.2, -0.15) is 0 Å². The van der Waals surface area contributed by atoms with Crippen molar-refractivity contribution in [2.24, 2.45) is 5.92 Å². The van der Waals surface area contributed by atoms with E-state index in [0.717, 1.165) is 0 Å². The Morgan fingerprint density at radius 2 is 1.40 bits per heavy atom. The minimum atomic E-state index is -2.96. The molecule has 2 fully saturated rings. The molecule has 2 saturated heterocycles. The van der Waals surface area contributed by atoms with Crippen LogP contribution in [0.4, 0.5) is 0 Å². The van der Waals surface area contributed by atoms with E-state index < -0.39 is 123 Å². The van der Waals surface area contributed by atoms with Crippen molar-refractivity contribution in [1.82, 2.24) is 0 Å². The number of hydrogen-bond acceptors (Lipinski definition) is 17. The van der Waals surface area contributed by atoms with E-state index >= 15 is 0 Å². The van der Waals surface area contributed by atoms with Crippen LogP contribution in [0.5, 0.6) is 0 Å². The summed E-state index contributed by atoms with van der Waals surface area (Å²) in [5.74, 6) is -4.17. The van der Waals surface area contributed by atoms with E-state index in [9.17, 15) is 66.1 Å². The Kier molecular flexibility index (Phi) is 14.7. The average Bonchev–Trinajstić information content (AvgIpc) is 3.22. The lowest BCUT2D eigenvalue weighted by atomic mass is 9.84. The SMILES string of the molecule is C[C@@H](CO)C[C@H](O)C[C@H]1O[C@H](CCC(=O)C(O)C(O)CC2(O)OC(C(O)C(O)CC(O)CO)C(O)C(O)C2O)[C@@H](O)[C@@H]1O. The van der Waals surface area contributed by atoms with Crippen molar-refractivity contribution in [2.45, 2.75) is 137 Å². The third-order valence-electron chi connectivity index (χ3n) is 8.09. The van der Waals surface area contributed by atoms with Gasteiger partial charge in [0.2, 0.25) is 0 Å². The fourth-order valence-corrected chi connectivity index (χ4v) is 5.40. The quantitative estimate of drug-likeness (QED) is 0.0708. The molecule has 0 saturated carbocycles. The molecule has 0 aromatic carbocycles.